The van der Waals surface area contributed by atoms with Crippen LogP contribution in [0.3, 0.4) is 0 Å². The summed E-state index contributed by atoms with van der Waals surface area (Å²) in [5.41, 5.74) is 1.31. The highest BCUT2D eigenvalue weighted by atomic mass is 16.6. The molecule has 28 heavy (non-hydrogen) atoms. The number of cyclic esters (lactones) is 1. The van der Waals surface area contributed by atoms with Crippen molar-refractivity contribution in [2.24, 2.45) is 0 Å². The van der Waals surface area contributed by atoms with E-state index in [0.29, 0.717) is 40.5 Å². The molecule has 3 aromatic rings. The number of pyridine rings is 3. The Kier molecular flexibility index (Phi) is 3.39. The molecule has 0 bridgehead atoms. The Bertz CT molecular complexity index is 1230. The molecule has 8 heteroatoms. The van der Waals surface area contributed by atoms with Gasteiger partial charge in [-0.05, 0) is 18.6 Å². The molecule has 0 fully saturated rings. The van der Waals surface area contributed by atoms with E-state index < -0.39 is 11.6 Å². The van der Waals surface area contributed by atoms with Crippen molar-refractivity contribution in [2.75, 3.05) is 7.11 Å². The lowest BCUT2D eigenvalue weighted by Crippen LogP contribution is -2.44. The van der Waals surface area contributed by atoms with Gasteiger partial charge in [-0.2, -0.15) is 0 Å². The number of nitrogens with zero attached hydrogens (tertiary/aromatic N) is 3. The molecule has 5 rings (SSSR count). The number of aliphatic hydroxyl groups is 1. The van der Waals surface area contributed by atoms with Crippen LogP contribution in [0.5, 0.6) is 5.88 Å². The van der Waals surface area contributed by atoms with Crippen LogP contribution in [0.1, 0.15) is 30.0 Å². The number of carbonyl (C=O) groups excluding carboxylic acids is 1. The first-order valence-corrected chi connectivity index (χ1v) is 8.97. The summed E-state index contributed by atoms with van der Waals surface area (Å²) in [6.07, 6.45) is 1.73. The van der Waals surface area contributed by atoms with Crippen molar-refractivity contribution in [2.45, 2.75) is 32.1 Å². The van der Waals surface area contributed by atoms with Crippen LogP contribution in [0.2, 0.25) is 0 Å². The van der Waals surface area contributed by atoms with Gasteiger partial charge < -0.3 is 19.1 Å². The number of esters is 1. The van der Waals surface area contributed by atoms with Crippen LogP contribution in [-0.2, 0) is 28.3 Å². The van der Waals surface area contributed by atoms with Crippen molar-refractivity contribution < 1.29 is 19.4 Å². The molecule has 0 saturated heterocycles. The minimum atomic E-state index is -1.82. The third kappa shape index (κ3) is 2.09. The first kappa shape index (κ1) is 16.9. The van der Waals surface area contributed by atoms with Crippen LogP contribution >= 0.6 is 0 Å². The normalized spacial score (nSPS) is 19.8. The van der Waals surface area contributed by atoms with Gasteiger partial charge >= 0.3 is 5.97 Å². The highest BCUT2D eigenvalue weighted by molar-refractivity contribution is 5.86. The number of hydrogen-bond donors (Lipinski definition) is 1. The summed E-state index contributed by atoms with van der Waals surface area (Å²) in [7, 11) is 1.55. The molecule has 1 atom stereocenters. The topological polar surface area (TPSA) is 104 Å². The molecule has 2 aliphatic rings. The maximum absolute atomic E-state index is 13.1. The summed E-state index contributed by atoms with van der Waals surface area (Å²) < 4.78 is 11.9. The zero-order chi connectivity index (χ0) is 19.6. The van der Waals surface area contributed by atoms with Crippen LogP contribution < -0.4 is 10.3 Å². The molecule has 0 aromatic carbocycles. The average molecular weight is 379 g/mol. The second-order valence-electron chi connectivity index (χ2n) is 7.02. The standard InChI is InChI=1S/C20H17N3O5/c1-3-20(26)13-6-15-17-11(4-10-5-16(27-2)21-7-14(10)22-17)8-23(15)18(24)12(13)9-28-19(20)25/h4-7,26H,3,8-9H2,1-2H3/t20-/m0/s1. The summed E-state index contributed by atoms with van der Waals surface area (Å²) in [5.74, 6) is -0.242. The van der Waals surface area contributed by atoms with Crippen molar-refractivity contribution in [1.82, 2.24) is 14.5 Å². The number of rotatable bonds is 2. The lowest BCUT2D eigenvalue weighted by Gasteiger charge is -2.31. The molecular weight excluding hydrogens is 362 g/mol. The largest absolute Gasteiger partial charge is 0.481 e. The van der Waals surface area contributed by atoms with Gasteiger partial charge in [0.1, 0.15) is 6.61 Å². The predicted octanol–water partition coefficient (Wildman–Crippen LogP) is 1.48. The molecule has 8 nitrogen and oxygen atoms in total. The first-order chi connectivity index (χ1) is 13.5. The van der Waals surface area contributed by atoms with E-state index in [4.69, 9.17) is 9.47 Å². The van der Waals surface area contributed by atoms with Gasteiger partial charge in [-0.25, -0.2) is 14.8 Å². The van der Waals surface area contributed by atoms with E-state index in [1.807, 2.05) is 6.07 Å². The monoisotopic (exact) mass is 379 g/mol. The van der Waals surface area contributed by atoms with Crippen molar-refractivity contribution in [3.05, 3.63) is 51.4 Å². The van der Waals surface area contributed by atoms with E-state index in [1.54, 1.807) is 36.9 Å². The van der Waals surface area contributed by atoms with Crippen molar-refractivity contribution in [1.29, 1.82) is 0 Å². The number of hydrogen-bond acceptors (Lipinski definition) is 7. The van der Waals surface area contributed by atoms with E-state index in [1.165, 1.54) is 0 Å². The fraction of sp³-hybridized carbons (Fsp3) is 0.300. The molecule has 0 unspecified atom stereocenters. The van der Waals surface area contributed by atoms with Crippen molar-refractivity contribution in [3.63, 3.8) is 0 Å². The van der Waals surface area contributed by atoms with E-state index >= 15 is 0 Å². The molecule has 0 radical (unpaired) electrons. The van der Waals surface area contributed by atoms with Gasteiger partial charge in [0.15, 0.2) is 5.60 Å². The fourth-order valence-corrected chi connectivity index (χ4v) is 3.98. The van der Waals surface area contributed by atoms with E-state index in [2.05, 4.69) is 9.97 Å². The average Bonchev–Trinajstić information content (AvgIpc) is 3.07. The Morgan fingerprint density at radius 1 is 1.32 bits per heavy atom. The third-order valence-electron chi connectivity index (χ3n) is 5.58. The smallest absolute Gasteiger partial charge is 0.343 e. The van der Waals surface area contributed by atoms with Gasteiger partial charge in [0.05, 0.1) is 42.3 Å². The Balaban J connectivity index is 1.76. The summed E-state index contributed by atoms with van der Waals surface area (Å²) >= 11 is 0. The van der Waals surface area contributed by atoms with Gasteiger partial charge in [-0.15, -0.1) is 0 Å². The SMILES string of the molecule is CC[C@@]1(O)C(=O)OCc2c1cc1n(c2=O)Cc2cc3cc(OC)ncc3nc2-1. The van der Waals surface area contributed by atoms with Gasteiger partial charge in [-0.1, -0.05) is 6.92 Å². The Morgan fingerprint density at radius 2 is 2.14 bits per heavy atom. The van der Waals surface area contributed by atoms with E-state index in [9.17, 15) is 14.7 Å². The minimum absolute atomic E-state index is 0.115. The molecule has 0 amide bonds. The van der Waals surface area contributed by atoms with Crippen LogP contribution in [0.25, 0.3) is 22.3 Å². The number of fused-ring (bicyclic) bond motifs is 5. The van der Waals surface area contributed by atoms with Gasteiger partial charge in [0, 0.05) is 22.6 Å². The summed E-state index contributed by atoms with van der Waals surface area (Å²) in [4.78, 5) is 34.1. The Hall–Kier alpha value is -3.26. The highest BCUT2D eigenvalue weighted by Gasteiger charge is 2.45. The molecular formula is C20H17N3O5. The van der Waals surface area contributed by atoms with Gasteiger partial charge in [0.25, 0.3) is 5.56 Å². The summed E-state index contributed by atoms with van der Waals surface area (Å²) in [6, 6.07) is 5.45. The first-order valence-electron chi connectivity index (χ1n) is 8.97. The number of carbonyl (C=O) groups is 1. The zero-order valence-electron chi connectivity index (χ0n) is 15.4. The molecule has 0 aliphatic carbocycles. The predicted molar refractivity (Wildman–Crippen MR) is 98.9 cm³/mol. The Morgan fingerprint density at radius 3 is 2.89 bits per heavy atom. The molecule has 2 aliphatic heterocycles. The lowest BCUT2D eigenvalue weighted by molar-refractivity contribution is -0.172. The lowest BCUT2D eigenvalue weighted by atomic mass is 9.86. The van der Waals surface area contributed by atoms with Crippen LogP contribution in [0.15, 0.2) is 29.2 Å². The number of aromatic nitrogens is 3. The second-order valence-corrected chi connectivity index (χ2v) is 7.02. The minimum Gasteiger partial charge on any atom is -0.481 e. The Labute approximate surface area is 159 Å². The van der Waals surface area contributed by atoms with Crippen LogP contribution in [0.4, 0.5) is 0 Å². The third-order valence-corrected chi connectivity index (χ3v) is 5.58. The van der Waals surface area contributed by atoms with Gasteiger partial charge in [-0.3, -0.25) is 4.79 Å². The summed E-state index contributed by atoms with van der Waals surface area (Å²) in [5, 5.41) is 11.7. The highest BCUT2D eigenvalue weighted by Crippen LogP contribution is 2.38. The maximum atomic E-state index is 13.1. The van der Waals surface area contributed by atoms with E-state index in [-0.39, 0.29) is 18.6 Å². The molecule has 3 aromatic heterocycles. The molecule has 0 saturated carbocycles. The molecule has 142 valence electrons. The zero-order valence-corrected chi connectivity index (χ0v) is 15.4. The van der Waals surface area contributed by atoms with Crippen molar-refractivity contribution in [3.8, 4) is 17.3 Å². The van der Waals surface area contributed by atoms with Gasteiger partial charge in [0.2, 0.25) is 5.88 Å². The fourth-order valence-electron chi connectivity index (χ4n) is 3.98. The van der Waals surface area contributed by atoms with Crippen LogP contribution in [0, 0.1) is 0 Å². The quantitative estimate of drug-likeness (QED) is 0.526. The molecule has 1 N–H and O–H groups in total. The van der Waals surface area contributed by atoms with Crippen molar-refractivity contribution >= 4 is 16.9 Å². The van der Waals surface area contributed by atoms with E-state index in [0.717, 1.165) is 10.9 Å². The molecule has 5 heterocycles. The summed E-state index contributed by atoms with van der Waals surface area (Å²) in [6.45, 7) is 1.91. The number of ether oxygens (including phenoxy) is 2. The second kappa shape index (κ2) is 5.62. The molecule has 0 spiro atoms. The maximum Gasteiger partial charge on any atom is 0.343 e. The van der Waals surface area contributed by atoms with Crippen LogP contribution in [-0.4, -0.2) is 32.7 Å². The number of methoxy groups -OCH3 is 1.